The summed E-state index contributed by atoms with van der Waals surface area (Å²) in [5, 5.41) is 0.894. The van der Waals surface area contributed by atoms with Gasteiger partial charge < -0.3 is 10.5 Å². The van der Waals surface area contributed by atoms with Gasteiger partial charge in [0.2, 0.25) is 0 Å². The highest BCUT2D eigenvalue weighted by atomic mass is 35.5. The molecule has 2 rings (SSSR count). The Kier molecular flexibility index (Phi) is 2.32. The molecule has 66 valence electrons. The molecule has 2 atom stereocenters. The van der Waals surface area contributed by atoms with Crippen LogP contribution < -0.4 is 5.73 Å². The minimum absolute atomic E-state index is 0.0394. The third-order valence-corrected chi connectivity index (χ3v) is 3.05. The number of nitrogens with two attached hydrogens (primary N) is 1. The van der Waals surface area contributed by atoms with E-state index in [-0.39, 0.29) is 12.1 Å². The number of hydrogen-bond acceptors (Lipinski definition) is 4. The average Bonchev–Trinajstić information content (AvgIpc) is 2.58. The van der Waals surface area contributed by atoms with Crippen LogP contribution >= 0.6 is 22.9 Å². The van der Waals surface area contributed by atoms with Gasteiger partial charge in [0.05, 0.1) is 6.20 Å². The van der Waals surface area contributed by atoms with Crippen molar-refractivity contribution in [2.45, 2.75) is 18.6 Å². The summed E-state index contributed by atoms with van der Waals surface area (Å²) in [4.78, 5) is 4.13. The zero-order valence-corrected chi connectivity index (χ0v) is 7.94. The maximum absolute atomic E-state index is 5.82. The van der Waals surface area contributed by atoms with Gasteiger partial charge in [0.25, 0.3) is 0 Å². The molecule has 2 unspecified atom stereocenters. The zero-order chi connectivity index (χ0) is 8.55. The molecule has 1 aromatic heterocycles. The summed E-state index contributed by atoms with van der Waals surface area (Å²) < 4.78 is 6.12. The van der Waals surface area contributed by atoms with E-state index in [1.807, 2.05) is 0 Å². The molecule has 12 heavy (non-hydrogen) atoms. The summed E-state index contributed by atoms with van der Waals surface area (Å²) in [6.07, 6.45) is 2.50. The Morgan fingerprint density at radius 1 is 1.75 bits per heavy atom. The van der Waals surface area contributed by atoms with Crippen molar-refractivity contribution in [3.8, 4) is 0 Å². The number of rotatable bonds is 1. The Morgan fingerprint density at radius 3 is 3.08 bits per heavy atom. The predicted octanol–water partition coefficient (Wildman–Crippen LogP) is 1.59. The third-order valence-electron chi connectivity index (χ3n) is 1.88. The summed E-state index contributed by atoms with van der Waals surface area (Å²) in [6, 6.07) is 0.0761. The molecule has 0 radical (unpaired) electrons. The van der Waals surface area contributed by atoms with Crippen molar-refractivity contribution < 1.29 is 4.74 Å². The number of hydrogen-bond donors (Lipinski definition) is 1. The fourth-order valence-corrected chi connectivity index (χ4v) is 2.31. The summed E-state index contributed by atoms with van der Waals surface area (Å²) in [7, 11) is 0. The zero-order valence-electron chi connectivity index (χ0n) is 6.37. The summed E-state index contributed by atoms with van der Waals surface area (Å²) in [6.45, 7) is 0.725. The Hall–Kier alpha value is -0.160. The highest BCUT2D eigenvalue weighted by molar-refractivity contribution is 7.15. The first-order chi connectivity index (χ1) is 5.77. The van der Waals surface area contributed by atoms with E-state index >= 15 is 0 Å². The quantitative estimate of drug-likeness (QED) is 0.756. The highest BCUT2D eigenvalue weighted by Gasteiger charge is 2.28. The number of ether oxygens (including phenoxy) is 1. The Labute approximate surface area is 79.5 Å². The van der Waals surface area contributed by atoms with E-state index in [2.05, 4.69) is 4.98 Å². The molecule has 1 aliphatic rings. The first-order valence-corrected chi connectivity index (χ1v) is 4.95. The maximum Gasteiger partial charge on any atom is 0.125 e. The standard InChI is InChI=1S/C7H9ClN2OS/c8-5-3-10-7(12-5)6-4(9)1-2-11-6/h3-4,6H,1-2,9H2. The van der Waals surface area contributed by atoms with Crippen molar-refractivity contribution in [2.75, 3.05) is 6.61 Å². The van der Waals surface area contributed by atoms with Crippen molar-refractivity contribution in [3.05, 3.63) is 15.5 Å². The third kappa shape index (κ3) is 1.47. The van der Waals surface area contributed by atoms with Crippen LogP contribution in [0.25, 0.3) is 0 Å². The molecular weight excluding hydrogens is 196 g/mol. The SMILES string of the molecule is NC1CCOC1c1ncc(Cl)s1. The van der Waals surface area contributed by atoms with Crippen LogP contribution in [0.5, 0.6) is 0 Å². The number of nitrogens with zero attached hydrogens (tertiary/aromatic N) is 1. The predicted molar refractivity (Wildman–Crippen MR) is 48.4 cm³/mol. The van der Waals surface area contributed by atoms with Gasteiger partial charge in [0, 0.05) is 12.6 Å². The van der Waals surface area contributed by atoms with Gasteiger partial charge in [0.1, 0.15) is 15.4 Å². The van der Waals surface area contributed by atoms with E-state index in [9.17, 15) is 0 Å². The molecule has 1 aromatic rings. The van der Waals surface area contributed by atoms with Crippen molar-refractivity contribution in [3.63, 3.8) is 0 Å². The van der Waals surface area contributed by atoms with Crippen LogP contribution in [0, 0.1) is 0 Å². The van der Waals surface area contributed by atoms with Crippen LogP contribution in [-0.2, 0) is 4.74 Å². The maximum atomic E-state index is 5.82. The molecule has 1 saturated heterocycles. The fourth-order valence-electron chi connectivity index (χ4n) is 1.26. The van der Waals surface area contributed by atoms with E-state index in [1.165, 1.54) is 11.3 Å². The molecule has 0 saturated carbocycles. The lowest BCUT2D eigenvalue weighted by Crippen LogP contribution is -2.23. The summed E-state index contributed by atoms with van der Waals surface area (Å²) >= 11 is 7.18. The van der Waals surface area contributed by atoms with Gasteiger partial charge in [-0.2, -0.15) is 0 Å². The lowest BCUT2D eigenvalue weighted by molar-refractivity contribution is 0.105. The van der Waals surface area contributed by atoms with Gasteiger partial charge in [-0.25, -0.2) is 4.98 Å². The summed E-state index contributed by atoms with van der Waals surface area (Å²) in [5.74, 6) is 0. The minimum atomic E-state index is -0.0394. The molecule has 5 heteroatoms. The molecule has 0 aliphatic carbocycles. The molecule has 0 bridgehead atoms. The number of thiazole rings is 1. The van der Waals surface area contributed by atoms with Gasteiger partial charge in [-0.3, -0.25) is 0 Å². The van der Waals surface area contributed by atoms with Crippen molar-refractivity contribution in [1.29, 1.82) is 0 Å². The van der Waals surface area contributed by atoms with Crippen LogP contribution in [0.4, 0.5) is 0 Å². The monoisotopic (exact) mass is 204 g/mol. The molecule has 0 spiro atoms. The minimum Gasteiger partial charge on any atom is -0.369 e. The molecule has 2 heterocycles. The van der Waals surface area contributed by atoms with Gasteiger partial charge in [-0.05, 0) is 6.42 Å². The van der Waals surface area contributed by atoms with E-state index in [1.54, 1.807) is 6.20 Å². The topological polar surface area (TPSA) is 48.1 Å². The molecule has 3 nitrogen and oxygen atoms in total. The smallest absolute Gasteiger partial charge is 0.125 e. The molecule has 0 amide bonds. The van der Waals surface area contributed by atoms with Crippen molar-refractivity contribution >= 4 is 22.9 Å². The molecule has 1 aliphatic heterocycles. The lowest BCUT2D eigenvalue weighted by Gasteiger charge is -2.09. The average molecular weight is 205 g/mol. The summed E-state index contributed by atoms with van der Waals surface area (Å²) in [5.41, 5.74) is 5.82. The first-order valence-electron chi connectivity index (χ1n) is 3.76. The second kappa shape index (κ2) is 3.30. The van der Waals surface area contributed by atoms with E-state index in [0.29, 0.717) is 4.34 Å². The molecule has 1 fully saturated rings. The molecular formula is C7H9ClN2OS. The van der Waals surface area contributed by atoms with Gasteiger partial charge in [-0.15, -0.1) is 11.3 Å². The van der Waals surface area contributed by atoms with Crippen LogP contribution in [0.2, 0.25) is 4.34 Å². The van der Waals surface area contributed by atoms with E-state index in [4.69, 9.17) is 22.1 Å². The number of halogens is 1. The number of aromatic nitrogens is 1. The van der Waals surface area contributed by atoms with Gasteiger partial charge in [0.15, 0.2) is 0 Å². The van der Waals surface area contributed by atoms with E-state index < -0.39 is 0 Å². The lowest BCUT2D eigenvalue weighted by atomic mass is 10.2. The van der Waals surface area contributed by atoms with Crippen LogP contribution in [-0.4, -0.2) is 17.6 Å². The second-order valence-corrected chi connectivity index (χ2v) is 4.44. The molecule has 2 N–H and O–H groups in total. The normalized spacial score (nSPS) is 29.5. The first kappa shape index (κ1) is 8.44. The van der Waals surface area contributed by atoms with Crippen LogP contribution in [0.1, 0.15) is 17.5 Å². The second-order valence-electron chi connectivity index (χ2n) is 2.75. The molecule has 0 aromatic carbocycles. The van der Waals surface area contributed by atoms with Gasteiger partial charge in [-0.1, -0.05) is 11.6 Å². The van der Waals surface area contributed by atoms with Crippen LogP contribution in [0.15, 0.2) is 6.20 Å². The largest absolute Gasteiger partial charge is 0.369 e. The Bertz CT molecular complexity index is 278. The Morgan fingerprint density at radius 2 is 2.58 bits per heavy atom. The van der Waals surface area contributed by atoms with E-state index in [0.717, 1.165) is 18.0 Å². The fraction of sp³-hybridized carbons (Fsp3) is 0.571. The van der Waals surface area contributed by atoms with Crippen LogP contribution in [0.3, 0.4) is 0 Å². The Balaban J connectivity index is 2.19. The van der Waals surface area contributed by atoms with Crippen molar-refractivity contribution in [2.24, 2.45) is 5.73 Å². The van der Waals surface area contributed by atoms with Gasteiger partial charge >= 0.3 is 0 Å². The van der Waals surface area contributed by atoms with Crippen molar-refractivity contribution in [1.82, 2.24) is 4.98 Å². The highest BCUT2D eigenvalue weighted by Crippen LogP contribution is 2.32.